The quantitative estimate of drug-likeness (QED) is 0.810. The molecule has 0 aliphatic carbocycles. The number of anilines is 1. The predicted molar refractivity (Wildman–Crippen MR) is 85.6 cm³/mol. The highest BCUT2D eigenvalue weighted by molar-refractivity contribution is 7.89. The van der Waals surface area contributed by atoms with Crippen LogP contribution in [0.15, 0.2) is 23.1 Å². The fourth-order valence-electron chi connectivity index (χ4n) is 2.74. The number of hydrogen-bond acceptors (Lipinski definition) is 4. The molecule has 3 N–H and O–H groups in total. The van der Waals surface area contributed by atoms with Crippen LogP contribution in [0.1, 0.15) is 25.3 Å². The summed E-state index contributed by atoms with van der Waals surface area (Å²) in [6.07, 6.45) is 2.38. The van der Waals surface area contributed by atoms with Crippen LogP contribution >= 0.6 is 0 Å². The van der Waals surface area contributed by atoms with Crippen LogP contribution in [0.3, 0.4) is 0 Å². The lowest BCUT2D eigenvalue weighted by Gasteiger charge is -2.30. The molecule has 0 amide bonds. The Bertz CT molecular complexity index is 558. The molecule has 5 nitrogen and oxygen atoms in total. The summed E-state index contributed by atoms with van der Waals surface area (Å²) in [7, 11) is -3.53. The van der Waals surface area contributed by atoms with Crippen molar-refractivity contribution < 1.29 is 8.42 Å². The number of nitrogens with zero attached hydrogens (tertiary/aromatic N) is 1. The normalized spacial score (nSPS) is 18.0. The molecule has 0 aromatic heterocycles. The number of nitrogens with one attached hydrogen (secondary N) is 1. The molecule has 1 saturated heterocycles. The molecule has 0 bridgehead atoms. The van der Waals surface area contributed by atoms with Crippen LogP contribution in [0.4, 0.5) is 5.69 Å². The van der Waals surface area contributed by atoms with Crippen molar-refractivity contribution in [3.8, 4) is 0 Å². The zero-order valence-corrected chi connectivity index (χ0v) is 13.6. The summed E-state index contributed by atoms with van der Waals surface area (Å²) < 4.78 is 27.4. The summed E-state index contributed by atoms with van der Waals surface area (Å²) in [6.45, 7) is 7.30. The Morgan fingerprint density at radius 2 is 2.00 bits per heavy atom. The van der Waals surface area contributed by atoms with Gasteiger partial charge in [0.25, 0.3) is 0 Å². The van der Waals surface area contributed by atoms with Crippen LogP contribution in [0.5, 0.6) is 0 Å². The van der Waals surface area contributed by atoms with Gasteiger partial charge in [0.05, 0.1) is 5.69 Å². The fraction of sp³-hybridized carbons (Fsp3) is 0.600. The SMILES string of the molecule is Cc1cccc(N)c1S(=O)(=O)NCCN1CCC(C)CC1. The van der Waals surface area contributed by atoms with Gasteiger partial charge in [-0.2, -0.15) is 0 Å². The Labute approximate surface area is 127 Å². The monoisotopic (exact) mass is 311 g/mol. The van der Waals surface area contributed by atoms with Gasteiger partial charge in [0.15, 0.2) is 0 Å². The first kappa shape index (κ1) is 16.3. The molecule has 6 heteroatoms. The van der Waals surface area contributed by atoms with E-state index >= 15 is 0 Å². The lowest BCUT2D eigenvalue weighted by atomic mass is 9.99. The number of benzene rings is 1. The van der Waals surface area contributed by atoms with E-state index < -0.39 is 10.0 Å². The smallest absolute Gasteiger partial charge is 0.242 e. The van der Waals surface area contributed by atoms with Crippen molar-refractivity contribution in [3.63, 3.8) is 0 Å². The molecule has 1 aromatic rings. The highest BCUT2D eigenvalue weighted by atomic mass is 32.2. The molecule has 0 saturated carbocycles. The first-order chi connectivity index (χ1) is 9.90. The Morgan fingerprint density at radius 1 is 1.33 bits per heavy atom. The van der Waals surface area contributed by atoms with E-state index in [1.165, 1.54) is 12.8 Å². The second-order valence-corrected chi connectivity index (χ2v) is 7.62. The topological polar surface area (TPSA) is 75.4 Å². The van der Waals surface area contributed by atoms with Crippen molar-refractivity contribution in [2.45, 2.75) is 31.6 Å². The number of hydrogen-bond donors (Lipinski definition) is 2. The van der Waals surface area contributed by atoms with Crippen molar-refractivity contribution in [1.29, 1.82) is 0 Å². The molecule has 0 unspecified atom stereocenters. The first-order valence-electron chi connectivity index (χ1n) is 7.47. The van der Waals surface area contributed by atoms with Gasteiger partial charge < -0.3 is 10.6 Å². The molecular formula is C15H25N3O2S. The third kappa shape index (κ3) is 4.18. The zero-order chi connectivity index (χ0) is 15.5. The maximum Gasteiger partial charge on any atom is 0.242 e. The van der Waals surface area contributed by atoms with E-state index in [1.807, 2.05) is 0 Å². The average Bonchev–Trinajstić information content (AvgIpc) is 2.40. The van der Waals surface area contributed by atoms with E-state index in [0.717, 1.165) is 25.6 Å². The van der Waals surface area contributed by atoms with Crippen LogP contribution < -0.4 is 10.5 Å². The van der Waals surface area contributed by atoms with Crippen LogP contribution in [-0.4, -0.2) is 39.5 Å². The van der Waals surface area contributed by atoms with Crippen LogP contribution in [0.25, 0.3) is 0 Å². The van der Waals surface area contributed by atoms with Crippen LogP contribution in [-0.2, 0) is 10.0 Å². The van der Waals surface area contributed by atoms with Gasteiger partial charge in [0.2, 0.25) is 10.0 Å². The molecule has 1 aliphatic rings. The molecular weight excluding hydrogens is 286 g/mol. The molecule has 2 rings (SSSR count). The second-order valence-electron chi connectivity index (χ2n) is 5.92. The standard InChI is InChI=1S/C15H25N3O2S/c1-12-6-9-18(10-7-12)11-8-17-21(19,20)15-13(2)4-3-5-14(15)16/h3-5,12,17H,6-11,16H2,1-2H3. The predicted octanol–water partition coefficient (Wildman–Crippen LogP) is 1.59. The van der Waals surface area contributed by atoms with Gasteiger partial charge in [-0.1, -0.05) is 19.1 Å². The number of rotatable bonds is 5. The second kappa shape index (κ2) is 6.77. The Hall–Kier alpha value is -1.11. The molecule has 1 aliphatic heterocycles. The number of likely N-dealkylation sites (tertiary alicyclic amines) is 1. The van der Waals surface area contributed by atoms with E-state index in [9.17, 15) is 8.42 Å². The Kier molecular flexibility index (Phi) is 5.24. The lowest BCUT2D eigenvalue weighted by molar-refractivity contribution is 0.195. The third-order valence-corrected chi connectivity index (χ3v) is 5.79. The van der Waals surface area contributed by atoms with Crippen molar-refractivity contribution in [2.75, 3.05) is 31.9 Å². The van der Waals surface area contributed by atoms with Crippen molar-refractivity contribution in [1.82, 2.24) is 9.62 Å². The molecule has 1 heterocycles. The summed E-state index contributed by atoms with van der Waals surface area (Å²) in [5.74, 6) is 0.782. The van der Waals surface area contributed by atoms with Crippen molar-refractivity contribution >= 4 is 15.7 Å². The minimum absolute atomic E-state index is 0.206. The molecule has 1 fully saturated rings. The zero-order valence-electron chi connectivity index (χ0n) is 12.8. The molecule has 0 radical (unpaired) electrons. The van der Waals surface area contributed by atoms with E-state index in [1.54, 1.807) is 25.1 Å². The number of nitrogen functional groups attached to an aromatic ring is 1. The van der Waals surface area contributed by atoms with Crippen molar-refractivity contribution in [3.05, 3.63) is 23.8 Å². The van der Waals surface area contributed by atoms with Gasteiger partial charge in [-0.15, -0.1) is 0 Å². The number of nitrogens with two attached hydrogens (primary N) is 1. The molecule has 118 valence electrons. The Morgan fingerprint density at radius 3 is 2.62 bits per heavy atom. The Balaban J connectivity index is 1.93. The fourth-order valence-corrected chi connectivity index (χ4v) is 4.11. The molecule has 1 aromatic carbocycles. The minimum atomic E-state index is -3.53. The summed E-state index contributed by atoms with van der Waals surface area (Å²) in [4.78, 5) is 2.52. The largest absolute Gasteiger partial charge is 0.398 e. The highest BCUT2D eigenvalue weighted by Crippen LogP contribution is 2.22. The van der Waals surface area contributed by atoms with Gasteiger partial charge in [-0.3, -0.25) is 0 Å². The molecule has 21 heavy (non-hydrogen) atoms. The highest BCUT2D eigenvalue weighted by Gasteiger charge is 2.20. The third-order valence-electron chi connectivity index (χ3n) is 4.11. The summed E-state index contributed by atoms with van der Waals surface area (Å²) >= 11 is 0. The van der Waals surface area contributed by atoms with Crippen molar-refractivity contribution in [2.24, 2.45) is 5.92 Å². The van der Waals surface area contributed by atoms with Crippen LogP contribution in [0.2, 0.25) is 0 Å². The summed E-state index contributed by atoms with van der Waals surface area (Å²) in [6, 6.07) is 5.14. The maximum atomic E-state index is 12.4. The molecule has 0 atom stereocenters. The first-order valence-corrected chi connectivity index (χ1v) is 8.95. The molecule has 0 spiro atoms. The van der Waals surface area contributed by atoms with E-state index in [2.05, 4.69) is 16.5 Å². The van der Waals surface area contributed by atoms with Gasteiger partial charge >= 0.3 is 0 Å². The van der Waals surface area contributed by atoms with E-state index in [-0.39, 0.29) is 4.90 Å². The summed E-state index contributed by atoms with van der Waals surface area (Å²) in [5, 5.41) is 0. The summed E-state index contributed by atoms with van der Waals surface area (Å²) in [5.41, 5.74) is 6.78. The van der Waals surface area contributed by atoms with Crippen LogP contribution in [0, 0.1) is 12.8 Å². The number of aryl methyl sites for hydroxylation is 1. The lowest BCUT2D eigenvalue weighted by Crippen LogP contribution is -2.39. The van der Waals surface area contributed by atoms with Gasteiger partial charge in [0.1, 0.15) is 4.90 Å². The number of piperidine rings is 1. The van der Waals surface area contributed by atoms with Gasteiger partial charge in [-0.05, 0) is 50.4 Å². The van der Waals surface area contributed by atoms with E-state index in [0.29, 0.717) is 17.8 Å². The minimum Gasteiger partial charge on any atom is -0.398 e. The maximum absolute atomic E-state index is 12.4. The average molecular weight is 311 g/mol. The van der Waals surface area contributed by atoms with E-state index in [4.69, 9.17) is 5.73 Å². The van der Waals surface area contributed by atoms with Gasteiger partial charge in [0, 0.05) is 13.1 Å². The van der Waals surface area contributed by atoms with Gasteiger partial charge in [-0.25, -0.2) is 13.1 Å². The number of sulfonamides is 1.